The van der Waals surface area contributed by atoms with E-state index in [4.69, 9.17) is 12.2 Å². The Bertz CT molecular complexity index is 251. The van der Waals surface area contributed by atoms with Crippen LogP contribution in [0.15, 0.2) is 17.8 Å². The molecule has 0 unspecified atom stereocenters. The fourth-order valence-corrected chi connectivity index (χ4v) is 1.67. The van der Waals surface area contributed by atoms with Gasteiger partial charge in [0, 0.05) is 12.3 Å². The normalized spacial score (nSPS) is 20.6. The molecule has 0 amide bonds. The molecular weight excluding hydrogens is 206 g/mol. The summed E-state index contributed by atoms with van der Waals surface area (Å²) in [6.45, 7) is 6.57. The molecular formula is C11H19N3S. The minimum Gasteiger partial charge on any atom is -0.358 e. The summed E-state index contributed by atoms with van der Waals surface area (Å²) in [4.78, 5) is 0. The van der Waals surface area contributed by atoms with Crippen LogP contribution in [0.5, 0.6) is 0 Å². The topological polar surface area (TPSA) is 36.4 Å². The first-order chi connectivity index (χ1) is 7.22. The average Bonchev–Trinajstić information content (AvgIpc) is 2.25. The van der Waals surface area contributed by atoms with Gasteiger partial charge in [-0.15, -0.1) is 6.58 Å². The summed E-state index contributed by atoms with van der Waals surface area (Å²) in [7, 11) is 0. The highest BCUT2D eigenvalue weighted by atomic mass is 32.1. The SMILES string of the molecule is C=CCNC(=S)NN=C1CCC(C)CC1. The molecule has 1 aliphatic carbocycles. The van der Waals surface area contributed by atoms with Crippen LogP contribution in [0.4, 0.5) is 0 Å². The summed E-state index contributed by atoms with van der Waals surface area (Å²) < 4.78 is 0. The Morgan fingerprint density at radius 3 is 2.87 bits per heavy atom. The van der Waals surface area contributed by atoms with Gasteiger partial charge in [-0.2, -0.15) is 5.10 Å². The van der Waals surface area contributed by atoms with Gasteiger partial charge in [-0.3, -0.25) is 5.43 Å². The van der Waals surface area contributed by atoms with E-state index in [2.05, 4.69) is 29.3 Å². The lowest BCUT2D eigenvalue weighted by molar-refractivity contribution is 0.482. The van der Waals surface area contributed by atoms with Crippen molar-refractivity contribution in [1.82, 2.24) is 10.7 Å². The van der Waals surface area contributed by atoms with Crippen LogP contribution in [0.2, 0.25) is 0 Å². The molecule has 0 spiro atoms. The van der Waals surface area contributed by atoms with Crippen molar-refractivity contribution in [2.24, 2.45) is 11.0 Å². The number of nitrogens with one attached hydrogen (secondary N) is 2. The van der Waals surface area contributed by atoms with Gasteiger partial charge in [0.1, 0.15) is 0 Å². The lowest BCUT2D eigenvalue weighted by Crippen LogP contribution is -2.33. The van der Waals surface area contributed by atoms with E-state index >= 15 is 0 Å². The van der Waals surface area contributed by atoms with E-state index in [1.54, 1.807) is 6.08 Å². The molecule has 0 bridgehead atoms. The summed E-state index contributed by atoms with van der Waals surface area (Å²) in [5, 5.41) is 7.85. The van der Waals surface area contributed by atoms with Crippen molar-refractivity contribution >= 4 is 23.0 Å². The maximum atomic E-state index is 5.03. The van der Waals surface area contributed by atoms with Crippen molar-refractivity contribution in [3.05, 3.63) is 12.7 Å². The molecule has 0 aromatic rings. The molecule has 0 atom stereocenters. The molecule has 1 saturated carbocycles. The second-order valence-corrected chi connectivity index (χ2v) is 4.38. The number of nitrogens with zero attached hydrogens (tertiary/aromatic N) is 1. The van der Waals surface area contributed by atoms with Crippen LogP contribution in [0.1, 0.15) is 32.6 Å². The summed E-state index contributed by atoms with van der Waals surface area (Å²) in [5.41, 5.74) is 4.09. The molecule has 0 heterocycles. The highest BCUT2D eigenvalue weighted by molar-refractivity contribution is 7.80. The largest absolute Gasteiger partial charge is 0.358 e. The predicted octanol–water partition coefficient (Wildman–Crippen LogP) is 2.20. The van der Waals surface area contributed by atoms with Gasteiger partial charge in [-0.25, -0.2) is 0 Å². The molecule has 1 fully saturated rings. The molecule has 1 rings (SSSR count). The number of hydrogen-bond donors (Lipinski definition) is 2. The van der Waals surface area contributed by atoms with Gasteiger partial charge in [0.2, 0.25) is 0 Å². The van der Waals surface area contributed by atoms with Gasteiger partial charge in [0.15, 0.2) is 5.11 Å². The predicted molar refractivity (Wildman–Crippen MR) is 69.0 cm³/mol. The Morgan fingerprint density at radius 1 is 1.60 bits per heavy atom. The molecule has 2 N–H and O–H groups in total. The van der Waals surface area contributed by atoms with E-state index in [0.717, 1.165) is 18.8 Å². The zero-order chi connectivity index (χ0) is 11.1. The Balaban J connectivity index is 2.25. The minimum atomic E-state index is 0.570. The fourth-order valence-electron chi connectivity index (χ4n) is 1.54. The van der Waals surface area contributed by atoms with Crippen molar-refractivity contribution in [1.29, 1.82) is 0 Å². The molecule has 3 nitrogen and oxygen atoms in total. The highest BCUT2D eigenvalue weighted by Gasteiger charge is 2.13. The van der Waals surface area contributed by atoms with Crippen LogP contribution in [0.25, 0.3) is 0 Å². The number of hydrazone groups is 1. The zero-order valence-electron chi connectivity index (χ0n) is 9.25. The quantitative estimate of drug-likeness (QED) is 0.439. The minimum absolute atomic E-state index is 0.570. The third-order valence-electron chi connectivity index (χ3n) is 2.57. The number of thiocarbonyl (C=S) groups is 1. The van der Waals surface area contributed by atoms with Crippen molar-refractivity contribution in [3.8, 4) is 0 Å². The average molecular weight is 225 g/mol. The fraction of sp³-hybridized carbons (Fsp3) is 0.636. The van der Waals surface area contributed by atoms with E-state index in [-0.39, 0.29) is 0 Å². The van der Waals surface area contributed by atoms with Crippen LogP contribution >= 0.6 is 12.2 Å². The maximum absolute atomic E-state index is 5.03. The van der Waals surface area contributed by atoms with E-state index < -0.39 is 0 Å². The third-order valence-corrected chi connectivity index (χ3v) is 2.81. The van der Waals surface area contributed by atoms with Gasteiger partial charge in [-0.1, -0.05) is 13.0 Å². The maximum Gasteiger partial charge on any atom is 0.187 e. The summed E-state index contributed by atoms with van der Waals surface area (Å²) in [6.07, 6.45) is 6.45. The molecule has 0 aromatic heterocycles. The number of rotatable bonds is 3. The third kappa shape index (κ3) is 4.93. The van der Waals surface area contributed by atoms with E-state index in [0.29, 0.717) is 11.7 Å². The summed E-state index contributed by atoms with van der Waals surface area (Å²) >= 11 is 5.03. The van der Waals surface area contributed by atoms with Gasteiger partial charge < -0.3 is 5.32 Å². The highest BCUT2D eigenvalue weighted by Crippen LogP contribution is 2.20. The van der Waals surface area contributed by atoms with Crippen molar-refractivity contribution < 1.29 is 0 Å². The van der Waals surface area contributed by atoms with Crippen molar-refractivity contribution in [2.75, 3.05) is 6.54 Å². The molecule has 0 aromatic carbocycles. The molecule has 4 heteroatoms. The standard InChI is InChI=1S/C11H19N3S/c1-3-8-12-11(15)14-13-10-6-4-9(2)5-7-10/h3,9H,1,4-8H2,2H3,(H2,12,14,15). The Kier molecular flexibility index (Phi) is 5.32. The lowest BCUT2D eigenvalue weighted by atomic mass is 9.90. The molecule has 15 heavy (non-hydrogen) atoms. The monoisotopic (exact) mass is 225 g/mol. The Morgan fingerprint density at radius 2 is 2.27 bits per heavy atom. The zero-order valence-corrected chi connectivity index (χ0v) is 10.1. The summed E-state index contributed by atoms with van der Waals surface area (Å²) in [6, 6.07) is 0. The van der Waals surface area contributed by atoms with Gasteiger partial charge in [0.25, 0.3) is 0 Å². The lowest BCUT2D eigenvalue weighted by Gasteiger charge is -2.19. The van der Waals surface area contributed by atoms with Crippen LogP contribution in [-0.4, -0.2) is 17.4 Å². The molecule has 0 radical (unpaired) electrons. The first-order valence-corrected chi connectivity index (χ1v) is 5.83. The van der Waals surface area contributed by atoms with Crippen LogP contribution in [0.3, 0.4) is 0 Å². The van der Waals surface area contributed by atoms with Crippen LogP contribution < -0.4 is 10.7 Å². The van der Waals surface area contributed by atoms with Crippen molar-refractivity contribution in [3.63, 3.8) is 0 Å². The summed E-state index contributed by atoms with van der Waals surface area (Å²) in [5.74, 6) is 0.842. The first kappa shape index (κ1) is 12.2. The van der Waals surface area contributed by atoms with E-state index in [9.17, 15) is 0 Å². The Labute approximate surface area is 97.0 Å². The molecule has 0 aliphatic heterocycles. The van der Waals surface area contributed by atoms with Crippen LogP contribution in [-0.2, 0) is 0 Å². The van der Waals surface area contributed by atoms with E-state index in [1.807, 2.05) is 0 Å². The molecule has 1 aliphatic rings. The smallest absolute Gasteiger partial charge is 0.187 e. The Hall–Kier alpha value is -0.900. The van der Waals surface area contributed by atoms with Crippen LogP contribution in [0, 0.1) is 5.92 Å². The van der Waals surface area contributed by atoms with Gasteiger partial charge in [-0.05, 0) is 43.8 Å². The van der Waals surface area contributed by atoms with Gasteiger partial charge >= 0.3 is 0 Å². The van der Waals surface area contributed by atoms with Gasteiger partial charge in [0.05, 0.1) is 0 Å². The molecule has 0 saturated heterocycles. The second-order valence-electron chi connectivity index (χ2n) is 3.97. The van der Waals surface area contributed by atoms with Crippen molar-refractivity contribution in [2.45, 2.75) is 32.6 Å². The van der Waals surface area contributed by atoms with E-state index in [1.165, 1.54) is 18.6 Å². The second kappa shape index (κ2) is 6.56. The first-order valence-electron chi connectivity index (χ1n) is 5.42. The molecule has 84 valence electrons. The number of hydrogen-bond acceptors (Lipinski definition) is 2.